The Labute approximate surface area is 101 Å². The lowest BCUT2D eigenvalue weighted by Gasteiger charge is -2.03. The van der Waals surface area contributed by atoms with Gasteiger partial charge in [-0.25, -0.2) is 0 Å². The standard InChI is InChI=1S/C9H10N6O3/c16-8(10-4-7-12-14-15-13-7)5-11-9(17)6-2-1-3-18-6/h1-3H,4-5H2,(H,10,16)(H,11,17)(H,12,13,14,15). The highest BCUT2D eigenvalue weighted by molar-refractivity contribution is 5.94. The van der Waals surface area contributed by atoms with Crippen molar-refractivity contribution in [3.05, 3.63) is 30.0 Å². The summed E-state index contributed by atoms with van der Waals surface area (Å²) in [5.74, 6) is -0.295. The van der Waals surface area contributed by atoms with Gasteiger partial charge < -0.3 is 15.1 Å². The summed E-state index contributed by atoms with van der Waals surface area (Å²) in [6.07, 6.45) is 1.38. The highest BCUT2D eigenvalue weighted by Gasteiger charge is 2.10. The fourth-order valence-electron chi connectivity index (χ4n) is 1.15. The van der Waals surface area contributed by atoms with Crippen molar-refractivity contribution in [1.29, 1.82) is 0 Å². The van der Waals surface area contributed by atoms with Crippen LogP contribution in [-0.4, -0.2) is 39.0 Å². The summed E-state index contributed by atoms with van der Waals surface area (Å²) in [5, 5.41) is 17.8. The third-order valence-corrected chi connectivity index (χ3v) is 1.99. The normalized spacial score (nSPS) is 10.0. The zero-order valence-electron chi connectivity index (χ0n) is 9.21. The number of carbonyl (C=O) groups excluding carboxylic acids is 2. The zero-order valence-corrected chi connectivity index (χ0v) is 9.21. The molecule has 0 unspecified atom stereocenters. The fourth-order valence-corrected chi connectivity index (χ4v) is 1.15. The monoisotopic (exact) mass is 250 g/mol. The Morgan fingerprint density at radius 3 is 2.94 bits per heavy atom. The van der Waals surface area contributed by atoms with Crippen LogP contribution in [0, 0.1) is 0 Å². The minimum Gasteiger partial charge on any atom is -0.459 e. The van der Waals surface area contributed by atoms with Gasteiger partial charge in [-0.15, -0.1) is 10.2 Å². The average Bonchev–Trinajstić information content (AvgIpc) is 3.05. The van der Waals surface area contributed by atoms with Crippen molar-refractivity contribution in [3.8, 4) is 0 Å². The lowest BCUT2D eigenvalue weighted by molar-refractivity contribution is -0.120. The summed E-state index contributed by atoms with van der Waals surface area (Å²) in [6, 6.07) is 3.10. The lowest BCUT2D eigenvalue weighted by atomic mass is 10.4. The number of furan rings is 1. The van der Waals surface area contributed by atoms with Gasteiger partial charge in [-0.2, -0.15) is 5.21 Å². The molecule has 9 heteroatoms. The molecule has 0 saturated carbocycles. The van der Waals surface area contributed by atoms with Gasteiger partial charge in [0.15, 0.2) is 11.6 Å². The number of amides is 2. The lowest BCUT2D eigenvalue weighted by Crippen LogP contribution is -2.36. The van der Waals surface area contributed by atoms with E-state index >= 15 is 0 Å². The van der Waals surface area contributed by atoms with Crippen molar-refractivity contribution in [2.24, 2.45) is 0 Å². The summed E-state index contributed by atoms with van der Waals surface area (Å²) in [6.45, 7) is -0.0106. The number of hydrogen-bond acceptors (Lipinski definition) is 6. The molecule has 3 N–H and O–H groups in total. The molecule has 2 aromatic heterocycles. The van der Waals surface area contributed by atoms with Gasteiger partial charge in [0, 0.05) is 0 Å². The second-order valence-corrected chi connectivity index (χ2v) is 3.26. The molecule has 0 radical (unpaired) electrons. The predicted molar refractivity (Wildman–Crippen MR) is 57.1 cm³/mol. The van der Waals surface area contributed by atoms with Gasteiger partial charge in [-0.1, -0.05) is 5.21 Å². The summed E-state index contributed by atoms with van der Waals surface area (Å²) < 4.78 is 4.87. The van der Waals surface area contributed by atoms with Crippen molar-refractivity contribution in [2.75, 3.05) is 6.54 Å². The molecule has 0 spiro atoms. The number of H-pyrrole nitrogens is 1. The van der Waals surface area contributed by atoms with E-state index in [1.54, 1.807) is 6.07 Å². The van der Waals surface area contributed by atoms with Crippen LogP contribution in [0.1, 0.15) is 16.4 Å². The van der Waals surface area contributed by atoms with E-state index in [1.165, 1.54) is 12.3 Å². The van der Waals surface area contributed by atoms with Gasteiger partial charge >= 0.3 is 0 Å². The molecule has 2 amide bonds. The van der Waals surface area contributed by atoms with E-state index in [-0.39, 0.29) is 24.8 Å². The van der Waals surface area contributed by atoms with E-state index in [2.05, 4.69) is 31.3 Å². The Kier molecular flexibility index (Phi) is 3.64. The van der Waals surface area contributed by atoms with Crippen LogP contribution in [0.2, 0.25) is 0 Å². The molecule has 18 heavy (non-hydrogen) atoms. The quantitative estimate of drug-likeness (QED) is 0.614. The molecule has 0 aliphatic heterocycles. The largest absolute Gasteiger partial charge is 0.459 e. The van der Waals surface area contributed by atoms with Crippen molar-refractivity contribution >= 4 is 11.8 Å². The molecule has 0 aliphatic rings. The zero-order chi connectivity index (χ0) is 12.8. The summed E-state index contributed by atoms with van der Waals surface area (Å²) in [4.78, 5) is 22.8. The molecule has 0 fully saturated rings. The Balaban J connectivity index is 1.70. The third-order valence-electron chi connectivity index (χ3n) is 1.99. The van der Waals surface area contributed by atoms with E-state index in [9.17, 15) is 9.59 Å². The average molecular weight is 250 g/mol. The fraction of sp³-hybridized carbons (Fsp3) is 0.222. The molecule has 0 saturated heterocycles. The van der Waals surface area contributed by atoms with E-state index in [1.807, 2.05) is 0 Å². The molecular weight excluding hydrogens is 240 g/mol. The topological polar surface area (TPSA) is 126 Å². The molecule has 9 nitrogen and oxygen atoms in total. The number of aromatic amines is 1. The predicted octanol–water partition coefficient (Wildman–Crippen LogP) is -1.16. The van der Waals surface area contributed by atoms with E-state index in [0.29, 0.717) is 5.82 Å². The van der Waals surface area contributed by atoms with Crippen molar-refractivity contribution in [2.45, 2.75) is 6.54 Å². The van der Waals surface area contributed by atoms with Gasteiger partial charge in [-0.05, 0) is 12.1 Å². The number of nitrogens with one attached hydrogen (secondary N) is 3. The van der Waals surface area contributed by atoms with E-state index < -0.39 is 5.91 Å². The first-order chi connectivity index (χ1) is 8.75. The SMILES string of the molecule is O=C(CNC(=O)c1ccco1)NCc1nn[nH]n1. The first-order valence-electron chi connectivity index (χ1n) is 5.06. The van der Waals surface area contributed by atoms with Gasteiger partial charge in [-0.3, -0.25) is 9.59 Å². The van der Waals surface area contributed by atoms with Crippen LogP contribution < -0.4 is 10.6 Å². The molecule has 2 rings (SSSR count). The van der Waals surface area contributed by atoms with Crippen LogP contribution in [0.25, 0.3) is 0 Å². The molecule has 2 aromatic rings. The second-order valence-electron chi connectivity index (χ2n) is 3.26. The smallest absolute Gasteiger partial charge is 0.287 e. The molecule has 2 heterocycles. The van der Waals surface area contributed by atoms with Crippen molar-refractivity contribution in [3.63, 3.8) is 0 Å². The number of aromatic nitrogens is 4. The second kappa shape index (κ2) is 5.57. The van der Waals surface area contributed by atoms with Crippen LogP contribution in [0.5, 0.6) is 0 Å². The Hall–Kier alpha value is -2.71. The minimum atomic E-state index is -0.449. The maximum Gasteiger partial charge on any atom is 0.287 e. The van der Waals surface area contributed by atoms with E-state index in [4.69, 9.17) is 4.42 Å². The highest BCUT2D eigenvalue weighted by atomic mass is 16.3. The van der Waals surface area contributed by atoms with Crippen molar-refractivity contribution < 1.29 is 14.0 Å². The highest BCUT2D eigenvalue weighted by Crippen LogP contribution is 1.98. The van der Waals surface area contributed by atoms with Crippen LogP contribution >= 0.6 is 0 Å². The summed E-state index contributed by atoms with van der Waals surface area (Å²) in [7, 11) is 0. The summed E-state index contributed by atoms with van der Waals surface area (Å²) >= 11 is 0. The Bertz CT molecular complexity index is 506. The van der Waals surface area contributed by atoms with Gasteiger partial charge in [0.2, 0.25) is 5.91 Å². The Morgan fingerprint density at radius 1 is 1.39 bits per heavy atom. The van der Waals surface area contributed by atoms with Gasteiger partial charge in [0.25, 0.3) is 5.91 Å². The van der Waals surface area contributed by atoms with Crippen LogP contribution in [0.3, 0.4) is 0 Å². The molecule has 94 valence electrons. The first-order valence-corrected chi connectivity index (χ1v) is 5.06. The molecule has 0 bridgehead atoms. The maximum atomic E-state index is 11.4. The van der Waals surface area contributed by atoms with Crippen molar-refractivity contribution in [1.82, 2.24) is 31.3 Å². The number of carbonyl (C=O) groups is 2. The Morgan fingerprint density at radius 2 is 2.28 bits per heavy atom. The van der Waals surface area contributed by atoms with Gasteiger partial charge in [0.1, 0.15) is 0 Å². The van der Waals surface area contributed by atoms with Crippen LogP contribution in [-0.2, 0) is 11.3 Å². The maximum absolute atomic E-state index is 11.4. The molecule has 0 atom stereocenters. The molecule has 0 aliphatic carbocycles. The van der Waals surface area contributed by atoms with Crippen LogP contribution in [0.4, 0.5) is 0 Å². The third kappa shape index (κ3) is 3.14. The number of tetrazole rings is 1. The first kappa shape index (κ1) is 11.8. The number of rotatable bonds is 5. The molecular formula is C9H10N6O3. The van der Waals surface area contributed by atoms with Crippen LogP contribution in [0.15, 0.2) is 22.8 Å². The molecule has 0 aromatic carbocycles. The van der Waals surface area contributed by atoms with E-state index in [0.717, 1.165) is 0 Å². The van der Waals surface area contributed by atoms with Gasteiger partial charge in [0.05, 0.1) is 19.4 Å². The summed E-state index contributed by atoms with van der Waals surface area (Å²) in [5.41, 5.74) is 0. The minimum absolute atomic E-state index is 0.145. The number of hydrogen-bond donors (Lipinski definition) is 3. The number of nitrogens with zero attached hydrogens (tertiary/aromatic N) is 3.